The molecular weight excluding hydrogens is 930 g/mol. The fourth-order valence-electron chi connectivity index (χ4n) is 4.08. The number of ether oxygens (including phenoxy) is 3. The van der Waals surface area contributed by atoms with Crippen molar-refractivity contribution in [3.05, 3.63) is 64.7 Å². The van der Waals surface area contributed by atoms with Gasteiger partial charge in [-0.25, -0.2) is 19.2 Å². The molecule has 0 bridgehead atoms. The highest BCUT2D eigenvalue weighted by atomic mass is 35.6. The Labute approximate surface area is 416 Å². The summed E-state index contributed by atoms with van der Waals surface area (Å²) >= 11 is 12.2. The summed E-state index contributed by atoms with van der Waals surface area (Å²) in [6, 6.07) is 14.0. The Bertz CT molecular complexity index is 1760. The predicted octanol–water partition coefficient (Wildman–Crippen LogP) is 12.7. The van der Waals surface area contributed by atoms with E-state index in [9.17, 15) is 19.2 Å². The number of rotatable bonds is 13. The fraction of sp³-hybridized carbons (Fsp3) is 0.673. The van der Waals surface area contributed by atoms with Gasteiger partial charge in [-0.3, -0.25) is 5.32 Å². The third-order valence-electron chi connectivity index (χ3n) is 10.5. The number of aryl methyl sites for hydroxylation is 1. The van der Waals surface area contributed by atoms with Gasteiger partial charge < -0.3 is 44.6 Å². The zero-order valence-corrected chi connectivity index (χ0v) is 48.3. The second-order valence-electron chi connectivity index (χ2n) is 21.6. The summed E-state index contributed by atoms with van der Waals surface area (Å²) in [6.45, 7) is 41.2. The molecule has 0 heterocycles. The Hall–Kier alpha value is -3.55. The summed E-state index contributed by atoms with van der Waals surface area (Å²) in [5.74, 6) is 0. The van der Waals surface area contributed by atoms with E-state index in [1.165, 1.54) is 10.5 Å². The summed E-state index contributed by atoms with van der Waals surface area (Å²) in [7, 11) is -1.49. The van der Waals surface area contributed by atoms with Crippen molar-refractivity contribution in [2.75, 3.05) is 32.2 Å². The maximum atomic E-state index is 12.3. The first-order valence-corrected chi connectivity index (χ1v) is 30.2. The molecule has 5 amide bonds. The minimum Gasteiger partial charge on any atom is -0.447 e. The van der Waals surface area contributed by atoms with Crippen LogP contribution >= 0.6 is 22.7 Å². The Morgan fingerprint density at radius 2 is 1.18 bits per heavy atom. The van der Waals surface area contributed by atoms with Crippen molar-refractivity contribution in [2.45, 2.75) is 189 Å². The number of alkyl carbamates (subject to hydrolysis) is 2. The first kappa shape index (κ1) is 65.5. The van der Waals surface area contributed by atoms with Gasteiger partial charge in [-0.2, -0.15) is 11.1 Å². The third kappa shape index (κ3) is 31.3. The van der Waals surface area contributed by atoms with E-state index in [4.69, 9.17) is 46.4 Å². The van der Waals surface area contributed by atoms with Crippen molar-refractivity contribution in [3.8, 4) is 0 Å². The maximum absolute atomic E-state index is 12.3. The van der Waals surface area contributed by atoms with Crippen molar-refractivity contribution in [1.29, 1.82) is 0 Å². The van der Waals surface area contributed by atoms with E-state index in [1.54, 1.807) is 47.7 Å². The van der Waals surface area contributed by atoms with Gasteiger partial charge in [0.15, 0.2) is 15.7 Å². The molecule has 0 aliphatic rings. The van der Waals surface area contributed by atoms with Crippen LogP contribution in [0.4, 0.5) is 24.9 Å². The minimum atomic E-state index is -1.76. The number of hydrogen-bond acceptors (Lipinski definition) is 9. The normalized spacial score (nSPS) is 13.2. The maximum Gasteiger partial charge on any atom is 0.411 e. The van der Waals surface area contributed by atoms with Crippen LogP contribution in [-0.4, -0.2) is 106 Å². The summed E-state index contributed by atoms with van der Waals surface area (Å²) in [5.41, 5.74) is 1.74. The van der Waals surface area contributed by atoms with Crippen molar-refractivity contribution in [2.24, 2.45) is 0 Å². The molecule has 2 aromatic carbocycles. The number of benzene rings is 2. The number of nitrogens with one attached hydrogen (secondary N) is 4. The van der Waals surface area contributed by atoms with Crippen LogP contribution in [0.5, 0.6) is 0 Å². The third-order valence-corrected chi connectivity index (χ3v) is 20.7. The van der Waals surface area contributed by atoms with E-state index in [2.05, 4.69) is 95.9 Å². The molecule has 0 saturated heterocycles. The van der Waals surface area contributed by atoms with Gasteiger partial charge in [-0.15, -0.1) is 0 Å². The molecule has 2 aromatic rings. The lowest BCUT2D eigenvalue weighted by Crippen LogP contribution is -2.46. The van der Waals surface area contributed by atoms with E-state index in [-0.39, 0.29) is 48.5 Å². The molecule has 0 aliphatic carbocycles. The molecule has 0 saturated carbocycles. The Kier molecular flexibility index (Phi) is 28.8. The van der Waals surface area contributed by atoms with Crippen LogP contribution in [-0.2, 0) is 31.6 Å². The Morgan fingerprint density at radius 3 is 1.58 bits per heavy atom. The molecule has 386 valence electrons. The number of halogens is 2. The molecule has 5 N–H and O–H groups in total. The lowest BCUT2D eigenvalue weighted by molar-refractivity contribution is 0.0479. The quantitative estimate of drug-likeness (QED) is 0.0742. The fourth-order valence-corrected chi connectivity index (χ4v) is 5.38. The van der Waals surface area contributed by atoms with Gasteiger partial charge in [0.2, 0.25) is 0 Å². The lowest BCUT2D eigenvalue weighted by atomic mass is 10.1. The first-order valence-electron chi connectivity index (χ1n) is 22.9. The van der Waals surface area contributed by atoms with E-state index in [0.29, 0.717) is 28.9 Å². The number of aliphatic hydroxyl groups excluding tert-OH is 1. The number of amides is 5. The van der Waals surface area contributed by atoms with Gasteiger partial charge in [0, 0.05) is 24.3 Å². The van der Waals surface area contributed by atoms with E-state index in [1.807, 2.05) is 70.2 Å². The molecule has 0 unspecified atom stereocenters. The number of nitrogens with zero attached hydrogens (tertiary/aromatic N) is 1. The van der Waals surface area contributed by atoms with Gasteiger partial charge in [0.05, 0.1) is 31.3 Å². The van der Waals surface area contributed by atoms with Crippen LogP contribution in [0, 0.1) is 0 Å². The number of anilines is 1. The number of likely N-dealkylation sites (N-methyl/N-ethyl adjacent to an activating group) is 1. The van der Waals surface area contributed by atoms with Gasteiger partial charge >= 0.3 is 24.3 Å². The summed E-state index contributed by atoms with van der Waals surface area (Å²) < 4.78 is 21.4. The topological polar surface area (TPSA) is 177 Å². The van der Waals surface area contributed by atoms with Crippen molar-refractivity contribution in [1.82, 2.24) is 20.9 Å². The summed E-state index contributed by atoms with van der Waals surface area (Å²) in [5, 5.41) is 20.5. The molecule has 3 atom stereocenters. The first-order chi connectivity index (χ1) is 30.2. The van der Waals surface area contributed by atoms with E-state index >= 15 is 0 Å². The number of carbonyl (C=O) groups is 4. The van der Waals surface area contributed by atoms with Gasteiger partial charge in [-0.05, 0) is 121 Å². The molecular formula is C49H89Cl2N5O9Si2. The zero-order chi connectivity index (χ0) is 52.8. The molecule has 0 spiro atoms. The molecule has 0 aromatic heterocycles. The van der Waals surface area contributed by atoms with Crippen molar-refractivity contribution in [3.63, 3.8) is 0 Å². The zero-order valence-electron chi connectivity index (χ0n) is 44.8. The summed E-state index contributed by atoms with van der Waals surface area (Å²) in [6.07, 6.45) is -0.503. The molecule has 2 rings (SSSR count). The highest BCUT2D eigenvalue weighted by Crippen LogP contribution is 2.38. The van der Waals surface area contributed by atoms with Crippen LogP contribution in [0.15, 0.2) is 48.5 Å². The predicted molar refractivity (Wildman–Crippen MR) is 283 cm³/mol. The monoisotopic (exact) mass is 1020 g/mol. The smallest absolute Gasteiger partial charge is 0.411 e. The molecule has 0 fully saturated rings. The van der Waals surface area contributed by atoms with Gasteiger partial charge in [0.1, 0.15) is 17.8 Å². The van der Waals surface area contributed by atoms with Gasteiger partial charge in [-0.1, -0.05) is 103 Å². The van der Waals surface area contributed by atoms with Gasteiger partial charge in [0.25, 0.3) is 0 Å². The number of hydrogen-bond donors (Lipinski definition) is 5. The number of aliphatic hydroxyl groups is 1. The van der Waals surface area contributed by atoms with Crippen LogP contribution in [0.1, 0.15) is 122 Å². The second-order valence-corrected chi connectivity index (χ2v) is 34.1. The second kappa shape index (κ2) is 29.5. The van der Waals surface area contributed by atoms with Crippen molar-refractivity contribution >= 4 is 68.4 Å². The van der Waals surface area contributed by atoms with Crippen molar-refractivity contribution < 1.29 is 42.9 Å². The molecule has 67 heavy (non-hydrogen) atoms. The SMILES string of the molecule is CC(C)(C)[Si](C)(C)Cl.CCc1ccc(NC(=O)OC[C@H](C)N(C)C(=O)NCc2ccccc2Cl)cc1.C[C@@H](CO)NC(=O)OC(C)(C)C.C[C@@H](CO[Si](C)(C)C(C)(C)C)NC(=O)OC(C)(C)C. The molecule has 14 nitrogen and oxygen atoms in total. The molecule has 0 aliphatic heterocycles. The Balaban J connectivity index is 0. The summed E-state index contributed by atoms with van der Waals surface area (Å²) in [4.78, 5) is 48.3. The highest BCUT2D eigenvalue weighted by molar-refractivity contribution is 7.20. The number of carbonyl (C=O) groups excluding carboxylic acids is 4. The molecule has 0 radical (unpaired) electrons. The van der Waals surface area contributed by atoms with E-state index in [0.717, 1.165) is 12.0 Å². The highest BCUT2D eigenvalue weighted by Gasteiger charge is 2.37. The van der Waals surface area contributed by atoms with E-state index < -0.39 is 39.1 Å². The Morgan fingerprint density at radius 1 is 0.716 bits per heavy atom. The largest absolute Gasteiger partial charge is 0.447 e. The minimum absolute atomic E-state index is 0.0519. The standard InChI is InChI=1S/C21H26ClN3O3.C14H31NO3Si.C8H17NO3.C6H15ClSi/c1-4-16-9-11-18(12-10-16)24-21(27)28-14-15(2)25(3)20(26)23-13-17-7-5-6-8-19(17)22;1-11(15-12(16)18-13(2,3)4)10-17-19(8,9)14(5,6)7;1-6(5-10)9-7(11)12-8(2,3)4;1-6(2,3)8(4,5)7/h5-12,15H,4,13-14H2,1-3H3,(H,23,26)(H,24,27);11H,10H2,1-9H3,(H,15,16);6,10H,5H2,1-4H3,(H,9,11);1-5H3/t15-;11-;6-;/m000./s1. The number of urea groups is 1. The van der Waals surface area contributed by atoms with Crippen LogP contribution in [0.3, 0.4) is 0 Å². The van der Waals surface area contributed by atoms with Crippen LogP contribution in [0.25, 0.3) is 0 Å². The lowest BCUT2D eigenvalue weighted by Gasteiger charge is -2.37. The molecule has 18 heteroatoms. The van der Waals surface area contributed by atoms with Crippen LogP contribution in [0.2, 0.25) is 41.3 Å². The average molecular weight is 1020 g/mol. The van der Waals surface area contributed by atoms with Crippen LogP contribution < -0.4 is 21.3 Å². The average Bonchev–Trinajstić information content (AvgIpc) is 3.16.